The second kappa shape index (κ2) is 5.95. The van der Waals surface area contributed by atoms with E-state index in [1.807, 2.05) is 24.3 Å². The third kappa shape index (κ3) is 3.30. The summed E-state index contributed by atoms with van der Waals surface area (Å²) in [6.45, 7) is 0.255. The molecule has 0 saturated heterocycles. The number of aromatic nitrogens is 2. The number of carboxylic acids is 1. The first-order valence-corrected chi connectivity index (χ1v) is 7.48. The van der Waals surface area contributed by atoms with Gasteiger partial charge in [-0.1, -0.05) is 12.1 Å². The smallest absolute Gasteiger partial charge is 0.320 e. The molecule has 1 heterocycles. The highest BCUT2D eigenvalue weighted by atomic mass is 79.9. The first-order valence-electron chi connectivity index (χ1n) is 6.68. The molecule has 1 aromatic carbocycles. The summed E-state index contributed by atoms with van der Waals surface area (Å²) in [6, 6.07) is 7.02. The summed E-state index contributed by atoms with van der Waals surface area (Å²) in [4.78, 5) is 11.1. The average Bonchev–Trinajstić information content (AvgIpc) is 3.18. The van der Waals surface area contributed by atoms with Gasteiger partial charge >= 0.3 is 5.97 Å². The summed E-state index contributed by atoms with van der Waals surface area (Å²) < 4.78 is 6.44. The Bertz CT molecular complexity index is 654. The van der Waals surface area contributed by atoms with E-state index in [1.165, 1.54) is 0 Å². The van der Waals surface area contributed by atoms with Crippen LogP contribution in [0.4, 0.5) is 0 Å². The first-order chi connectivity index (χ1) is 10.1. The molecule has 1 atom stereocenters. The largest absolute Gasteiger partial charge is 0.480 e. The standard InChI is InChI=1S/C14H14BrN3O3/c15-10-4-2-1-3-9(10)13-18-17-11(21-13)7-16-12(14(19)20)8-5-6-8/h1-4,8,12,16H,5-7H2,(H,19,20). The van der Waals surface area contributed by atoms with Crippen molar-refractivity contribution in [1.29, 1.82) is 0 Å². The van der Waals surface area contributed by atoms with Crippen molar-refractivity contribution in [3.63, 3.8) is 0 Å². The normalized spacial score (nSPS) is 15.9. The molecule has 1 aliphatic rings. The van der Waals surface area contributed by atoms with Gasteiger partial charge in [-0.3, -0.25) is 10.1 Å². The van der Waals surface area contributed by atoms with Gasteiger partial charge in [0.15, 0.2) is 0 Å². The minimum Gasteiger partial charge on any atom is -0.480 e. The fourth-order valence-corrected chi connectivity index (χ4v) is 2.61. The van der Waals surface area contributed by atoms with Crippen LogP contribution in [0.25, 0.3) is 11.5 Å². The van der Waals surface area contributed by atoms with E-state index in [2.05, 4.69) is 31.4 Å². The molecular weight excluding hydrogens is 338 g/mol. The van der Waals surface area contributed by atoms with E-state index in [0.29, 0.717) is 11.8 Å². The number of hydrogen-bond donors (Lipinski definition) is 2. The van der Waals surface area contributed by atoms with Crippen LogP contribution in [0, 0.1) is 5.92 Å². The maximum atomic E-state index is 11.1. The van der Waals surface area contributed by atoms with Gasteiger partial charge < -0.3 is 9.52 Å². The SMILES string of the molecule is O=C(O)C(NCc1nnc(-c2ccccc2Br)o1)C1CC1. The van der Waals surface area contributed by atoms with Gasteiger partial charge in [-0.2, -0.15) is 0 Å². The van der Waals surface area contributed by atoms with E-state index in [4.69, 9.17) is 9.52 Å². The van der Waals surface area contributed by atoms with E-state index in [1.54, 1.807) is 0 Å². The van der Waals surface area contributed by atoms with Crippen LogP contribution < -0.4 is 5.32 Å². The number of rotatable bonds is 6. The highest BCUT2D eigenvalue weighted by Crippen LogP contribution is 2.33. The summed E-state index contributed by atoms with van der Waals surface area (Å²) in [5.41, 5.74) is 0.813. The topological polar surface area (TPSA) is 88.2 Å². The van der Waals surface area contributed by atoms with Gasteiger partial charge in [-0.25, -0.2) is 0 Å². The van der Waals surface area contributed by atoms with Crippen molar-refractivity contribution in [2.75, 3.05) is 0 Å². The summed E-state index contributed by atoms with van der Waals surface area (Å²) in [5, 5.41) is 20.1. The lowest BCUT2D eigenvalue weighted by Gasteiger charge is -2.11. The molecule has 1 unspecified atom stereocenters. The monoisotopic (exact) mass is 351 g/mol. The molecule has 2 N–H and O–H groups in total. The van der Waals surface area contributed by atoms with Gasteiger partial charge in [-0.15, -0.1) is 10.2 Å². The zero-order chi connectivity index (χ0) is 14.8. The van der Waals surface area contributed by atoms with Gasteiger partial charge in [0.25, 0.3) is 0 Å². The third-order valence-corrected chi connectivity index (χ3v) is 4.10. The molecule has 6 nitrogen and oxygen atoms in total. The number of nitrogens with zero attached hydrogens (tertiary/aromatic N) is 2. The molecule has 1 saturated carbocycles. The van der Waals surface area contributed by atoms with Crippen LogP contribution >= 0.6 is 15.9 Å². The minimum atomic E-state index is -0.831. The second-order valence-electron chi connectivity index (χ2n) is 5.02. The van der Waals surface area contributed by atoms with Crippen LogP contribution in [-0.4, -0.2) is 27.3 Å². The molecule has 1 aromatic heterocycles. The number of carboxylic acid groups (broad SMARTS) is 1. The van der Waals surface area contributed by atoms with Crippen molar-refractivity contribution < 1.29 is 14.3 Å². The number of carbonyl (C=O) groups is 1. The molecule has 1 aliphatic carbocycles. The maximum absolute atomic E-state index is 11.1. The number of aliphatic carboxylic acids is 1. The molecule has 0 aliphatic heterocycles. The fraction of sp³-hybridized carbons (Fsp3) is 0.357. The van der Waals surface area contributed by atoms with E-state index in [0.717, 1.165) is 22.9 Å². The van der Waals surface area contributed by atoms with Gasteiger partial charge in [0.1, 0.15) is 6.04 Å². The van der Waals surface area contributed by atoms with Crippen LogP contribution in [0.5, 0.6) is 0 Å². The molecule has 3 rings (SSSR count). The lowest BCUT2D eigenvalue weighted by molar-refractivity contribution is -0.140. The number of hydrogen-bond acceptors (Lipinski definition) is 5. The van der Waals surface area contributed by atoms with Crippen LogP contribution in [0.2, 0.25) is 0 Å². The maximum Gasteiger partial charge on any atom is 0.320 e. The zero-order valence-corrected chi connectivity index (χ0v) is 12.7. The quantitative estimate of drug-likeness (QED) is 0.830. The van der Waals surface area contributed by atoms with Gasteiger partial charge in [-0.05, 0) is 46.8 Å². The summed E-state index contributed by atoms with van der Waals surface area (Å²) in [6.07, 6.45) is 1.91. The van der Waals surface area contributed by atoms with Crippen LogP contribution in [0.1, 0.15) is 18.7 Å². The number of halogens is 1. The zero-order valence-electron chi connectivity index (χ0n) is 11.1. The average molecular weight is 352 g/mol. The highest BCUT2D eigenvalue weighted by Gasteiger charge is 2.36. The summed E-state index contributed by atoms with van der Waals surface area (Å²) in [7, 11) is 0. The Kier molecular flexibility index (Phi) is 4.03. The molecule has 2 aromatic rings. The molecule has 0 spiro atoms. The molecule has 7 heteroatoms. The van der Waals surface area contributed by atoms with Crippen molar-refractivity contribution >= 4 is 21.9 Å². The van der Waals surface area contributed by atoms with E-state index in [9.17, 15) is 4.79 Å². The number of benzene rings is 1. The Hall–Kier alpha value is -1.73. The van der Waals surface area contributed by atoms with Gasteiger partial charge in [0.2, 0.25) is 11.8 Å². The van der Waals surface area contributed by atoms with Crippen molar-refractivity contribution in [3.8, 4) is 11.5 Å². The summed E-state index contributed by atoms with van der Waals surface area (Å²) >= 11 is 3.43. The number of nitrogens with one attached hydrogen (secondary N) is 1. The first kappa shape index (κ1) is 14.2. The predicted molar refractivity (Wildman–Crippen MR) is 78.4 cm³/mol. The minimum absolute atomic E-state index is 0.216. The van der Waals surface area contributed by atoms with Crippen molar-refractivity contribution in [2.45, 2.75) is 25.4 Å². The van der Waals surface area contributed by atoms with Crippen LogP contribution in [-0.2, 0) is 11.3 Å². The predicted octanol–water partition coefficient (Wildman–Crippen LogP) is 2.45. The van der Waals surface area contributed by atoms with E-state index in [-0.39, 0.29) is 12.5 Å². The Labute approximate surface area is 129 Å². The van der Waals surface area contributed by atoms with Crippen LogP contribution in [0.3, 0.4) is 0 Å². The molecule has 0 amide bonds. The Morgan fingerprint density at radius 2 is 2.19 bits per heavy atom. The Morgan fingerprint density at radius 1 is 1.43 bits per heavy atom. The lowest BCUT2D eigenvalue weighted by atomic mass is 10.2. The fourth-order valence-electron chi connectivity index (χ4n) is 2.15. The molecule has 1 fully saturated rings. The van der Waals surface area contributed by atoms with Gasteiger partial charge in [0, 0.05) is 4.47 Å². The Balaban J connectivity index is 1.68. The Morgan fingerprint density at radius 3 is 2.86 bits per heavy atom. The molecule has 0 bridgehead atoms. The second-order valence-corrected chi connectivity index (χ2v) is 5.87. The lowest BCUT2D eigenvalue weighted by Crippen LogP contribution is -2.38. The van der Waals surface area contributed by atoms with Crippen molar-refractivity contribution in [3.05, 3.63) is 34.6 Å². The third-order valence-electron chi connectivity index (χ3n) is 3.40. The molecule has 110 valence electrons. The molecule has 21 heavy (non-hydrogen) atoms. The van der Waals surface area contributed by atoms with Crippen molar-refractivity contribution in [2.24, 2.45) is 5.92 Å². The molecular formula is C14H14BrN3O3. The van der Waals surface area contributed by atoms with Crippen LogP contribution in [0.15, 0.2) is 33.2 Å². The highest BCUT2D eigenvalue weighted by molar-refractivity contribution is 9.10. The molecule has 0 radical (unpaired) electrons. The van der Waals surface area contributed by atoms with E-state index < -0.39 is 12.0 Å². The summed E-state index contributed by atoms with van der Waals surface area (Å²) in [5.74, 6) is 0.182. The van der Waals surface area contributed by atoms with Gasteiger partial charge in [0.05, 0.1) is 12.1 Å². The van der Waals surface area contributed by atoms with Crippen molar-refractivity contribution in [1.82, 2.24) is 15.5 Å². The van der Waals surface area contributed by atoms with E-state index >= 15 is 0 Å².